The molecule has 1 heterocycles. The van der Waals surface area contributed by atoms with E-state index in [1.807, 2.05) is 32.0 Å². The molecule has 1 aromatic heterocycles. The summed E-state index contributed by atoms with van der Waals surface area (Å²) < 4.78 is 10.1. The second kappa shape index (κ2) is 7.63. The number of hydrogen-bond acceptors (Lipinski definition) is 4. The van der Waals surface area contributed by atoms with Gasteiger partial charge in [-0.3, -0.25) is 4.79 Å². The Kier molecular flexibility index (Phi) is 5.57. The van der Waals surface area contributed by atoms with Crippen LogP contribution in [0.5, 0.6) is 0 Å². The molecule has 0 bridgehead atoms. The van der Waals surface area contributed by atoms with Gasteiger partial charge < -0.3 is 14.5 Å². The highest BCUT2D eigenvalue weighted by atomic mass is 16.5. The molecule has 0 radical (unpaired) electrons. The number of carbonyl (C=O) groups is 2. The van der Waals surface area contributed by atoms with Crippen molar-refractivity contribution in [3.05, 3.63) is 53.0 Å². The highest BCUT2D eigenvalue weighted by Gasteiger charge is 2.16. The number of ether oxygens (including phenoxy) is 1. The Hall–Kier alpha value is -2.56. The van der Waals surface area contributed by atoms with Gasteiger partial charge in [0.25, 0.3) is 5.91 Å². The second-order valence-electron chi connectivity index (χ2n) is 5.17. The molecule has 5 heteroatoms. The SMILES string of the molecule is CCc1cccc(CC)c1NC(=O)COC(=O)c1ccoc1C. The van der Waals surface area contributed by atoms with E-state index in [4.69, 9.17) is 9.15 Å². The molecule has 0 fully saturated rings. The molecule has 0 aliphatic rings. The summed E-state index contributed by atoms with van der Waals surface area (Å²) in [5, 5.41) is 2.86. The van der Waals surface area contributed by atoms with Crippen molar-refractivity contribution < 1.29 is 18.7 Å². The molecule has 0 saturated carbocycles. The van der Waals surface area contributed by atoms with Crippen LogP contribution in [-0.4, -0.2) is 18.5 Å². The van der Waals surface area contributed by atoms with Crippen LogP contribution in [0.15, 0.2) is 34.9 Å². The van der Waals surface area contributed by atoms with Crippen LogP contribution < -0.4 is 5.32 Å². The van der Waals surface area contributed by atoms with Crippen LogP contribution in [0.2, 0.25) is 0 Å². The van der Waals surface area contributed by atoms with Gasteiger partial charge in [0, 0.05) is 5.69 Å². The number of anilines is 1. The zero-order valence-electron chi connectivity index (χ0n) is 13.6. The first-order chi connectivity index (χ1) is 11.1. The molecule has 0 saturated heterocycles. The van der Waals surface area contributed by atoms with Crippen LogP contribution in [0, 0.1) is 6.92 Å². The minimum Gasteiger partial charge on any atom is -0.469 e. The highest BCUT2D eigenvalue weighted by molar-refractivity contribution is 5.96. The van der Waals surface area contributed by atoms with Gasteiger partial charge in [-0.2, -0.15) is 0 Å². The van der Waals surface area contributed by atoms with E-state index in [2.05, 4.69) is 5.32 Å². The molecule has 122 valence electrons. The molecular formula is C18H21NO4. The van der Waals surface area contributed by atoms with Crippen molar-refractivity contribution in [2.45, 2.75) is 33.6 Å². The van der Waals surface area contributed by atoms with Gasteiger partial charge in [-0.15, -0.1) is 0 Å². The number of aryl methyl sites for hydroxylation is 3. The summed E-state index contributed by atoms with van der Waals surface area (Å²) in [6, 6.07) is 7.47. The van der Waals surface area contributed by atoms with Crippen molar-refractivity contribution in [1.82, 2.24) is 0 Å². The summed E-state index contributed by atoms with van der Waals surface area (Å²) in [7, 11) is 0. The second-order valence-corrected chi connectivity index (χ2v) is 5.17. The minimum absolute atomic E-state index is 0.329. The summed E-state index contributed by atoms with van der Waals surface area (Å²) in [6.45, 7) is 5.41. The number of furan rings is 1. The van der Waals surface area contributed by atoms with Gasteiger partial charge in [0.1, 0.15) is 11.3 Å². The summed E-state index contributed by atoms with van der Waals surface area (Å²) in [6.07, 6.45) is 3.05. The molecule has 0 unspecified atom stereocenters. The molecule has 2 rings (SSSR count). The van der Waals surface area contributed by atoms with Gasteiger partial charge in [-0.25, -0.2) is 4.79 Å². The number of carbonyl (C=O) groups excluding carboxylic acids is 2. The van der Waals surface area contributed by atoms with Gasteiger partial charge in [-0.05, 0) is 37.0 Å². The van der Waals surface area contributed by atoms with E-state index < -0.39 is 5.97 Å². The molecule has 0 aliphatic heterocycles. The molecule has 5 nitrogen and oxygen atoms in total. The smallest absolute Gasteiger partial charge is 0.342 e. The number of benzene rings is 1. The maximum Gasteiger partial charge on any atom is 0.342 e. The Balaban J connectivity index is 2.00. The fourth-order valence-corrected chi connectivity index (χ4v) is 2.38. The fourth-order valence-electron chi connectivity index (χ4n) is 2.38. The number of rotatable bonds is 6. The molecular weight excluding hydrogens is 294 g/mol. The lowest BCUT2D eigenvalue weighted by Crippen LogP contribution is -2.22. The predicted molar refractivity (Wildman–Crippen MR) is 87.6 cm³/mol. The average molecular weight is 315 g/mol. The minimum atomic E-state index is -0.564. The predicted octanol–water partition coefficient (Wildman–Crippen LogP) is 3.51. The maximum absolute atomic E-state index is 12.1. The Morgan fingerprint density at radius 1 is 1.13 bits per heavy atom. The topological polar surface area (TPSA) is 68.5 Å². The van der Waals surface area contributed by atoms with Crippen molar-refractivity contribution in [2.24, 2.45) is 0 Å². The highest BCUT2D eigenvalue weighted by Crippen LogP contribution is 2.22. The van der Waals surface area contributed by atoms with Crippen LogP contribution in [0.3, 0.4) is 0 Å². The molecule has 1 amide bonds. The van der Waals surface area contributed by atoms with Gasteiger partial charge in [0.15, 0.2) is 6.61 Å². The van der Waals surface area contributed by atoms with Crippen molar-refractivity contribution >= 4 is 17.6 Å². The maximum atomic E-state index is 12.1. The Bertz CT molecular complexity index is 681. The zero-order chi connectivity index (χ0) is 16.8. The average Bonchev–Trinajstić information content (AvgIpc) is 2.99. The summed E-state index contributed by atoms with van der Waals surface area (Å²) in [4.78, 5) is 24.0. The first-order valence-electron chi connectivity index (χ1n) is 7.68. The van der Waals surface area contributed by atoms with Gasteiger partial charge in [0.2, 0.25) is 0 Å². The third-order valence-corrected chi connectivity index (χ3v) is 3.68. The number of nitrogens with one attached hydrogen (secondary N) is 1. The van der Waals surface area contributed by atoms with Crippen LogP contribution in [0.1, 0.15) is 41.1 Å². The Morgan fingerprint density at radius 3 is 2.30 bits per heavy atom. The van der Waals surface area contributed by atoms with E-state index in [1.54, 1.807) is 6.92 Å². The van der Waals surface area contributed by atoms with Crippen LogP contribution in [-0.2, 0) is 22.4 Å². The van der Waals surface area contributed by atoms with E-state index in [-0.39, 0.29) is 12.5 Å². The number of amides is 1. The lowest BCUT2D eigenvalue weighted by Gasteiger charge is -2.14. The van der Waals surface area contributed by atoms with Crippen molar-refractivity contribution in [1.29, 1.82) is 0 Å². The van der Waals surface area contributed by atoms with Crippen molar-refractivity contribution in [3.63, 3.8) is 0 Å². The molecule has 2 aromatic rings. The zero-order valence-corrected chi connectivity index (χ0v) is 13.6. The third kappa shape index (κ3) is 4.00. The lowest BCUT2D eigenvalue weighted by atomic mass is 10.0. The molecule has 23 heavy (non-hydrogen) atoms. The first kappa shape index (κ1) is 16.8. The Labute approximate surface area is 135 Å². The quantitative estimate of drug-likeness (QED) is 0.828. The molecule has 0 spiro atoms. The van der Waals surface area contributed by atoms with Gasteiger partial charge in [0.05, 0.1) is 6.26 Å². The van der Waals surface area contributed by atoms with E-state index >= 15 is 0 Å². The van der Waals surface area contributed by atoms with Crippen LogP contribution >= 0.6 is 0 Å². The Morgan fingerprint density at radius 2 is 1.78 bits per heavy atom. The normalized spacial score (nSPS) is 10.4. The summed E-state index contributed by atoms with van der Waals surface area (Å²) in [5.41, 5.74) is 3.28. The van der Waals surface area contributed by atoms with Gasteiger partial charge >= 0.3 is 5.97 Å². The standard InChI is InChI=1S/C18H21NO4/c1-4-13-7-6-8-14(5-2)17(13)19-16(20)11-23-18(21)15-9-10-22-12(15)3/h6-10H,4-5,11H2,1-3H3,(H,19,20). The van der Waals surface area contributed by atoms with Crippen molar-refractivity contribution in [2.75, 3.05) is 11.9 Å². The number of para-hydroxylation sites is 1. The molecule has 1 aromatic carbocycles. The molecule has 0 atom stereocenters. The van der Waals surface area contributed by atoms with Crippen molar-refractivity contribution in [3.8, 4) is 0 Å². The summed E-state index contributed by atoms with van der Waals surface area (Å²) in [5.74, 6) is -0.444. The van der Waals surface area contributed by atoms with Crippen LogP contribution in [0.4, 0.5) is 5.69 Å². The molecule has 1 N–H and O–H groups in total. The first-order valence-corrected chi connectivity index (χ1v) is 7.68. The van der Waals surface area contributed by atoms with E-state index in [1.165, 1.54) is 12.3 Å². The van der Waals surface area contributed by atoms with Crippen LogP contribution in [0.25, 0.3) is 0 Å². The number of hydrogen-bond donors (Lipinski definition) is 1. The summed E-state index contributed by atoms with van der Waals surface area (Å²) >= 11 is 0. The van der Waals surface area contributed by atoms with Gasteiger partial charge in [-0.1, -0.05) is 32.0 Å². The fraction of sp³-hybridized carbons (Fsp3) is 0.333. The third-order valence-electron chi connectivity index (χ3n) is 3.68. The largest absolute Gasteiger partial charge is 0.469 e. The van der Waals surface area contributed by atoms with E-state index in [0.29, 0.717) is 11.3 Å². The van der Waals surface area contributed by atoms with E-state index in [9.17, 15) is 9.59 Å². The number of esters is 1. The lowest BCUT2D eigenvalue weighted by molar-refractivity contribution is -0.119. The molecule has 0 aliphatic carbocycles. The van der Waals surface area contributed by atoms with E-state index in [0.717, 1.165) is 29.7 Å². The monoisotopic (exact) mass is 315 g/mol.